The van der Waals surface area contributed by atoms with E-state index in [-0.39, 0.29) is 12.0 Å². The first kappa shape index (κ1) is 16.1. The summed E-state index contributed by atoms with van der Waals surface area (Å²) in [5.74, 6) is 1.48. The quantitative estimate of drug-likeness (QED) is 0.820. The molecule has 1 aliphatic rings. The normalized spacial score (nSPS) is 18.9. The van der Waals surface area contributed by atoms with Gasteiger partial charge in [0.25, 0.3) is 0 Å². The Morgan fingerprint density at radius 3 is 3.26 bits per heavy atom. The van der Waals surface area contributed by atoms with Crippen LogP contribution in [0.4, 0.5) is 0 Å². The van der Waals surface area contributed by atoms with E-state index in [1.54, 1.807) is 11.3 Å². The Morgan fingerprint density at radius 2 is 2.52 bits per heavy atom. The van der Waals surface area contributed by atoms with Crippen LogP contribution in [0, 0.1) is 6.92 Å². The first-order chi connectivity index (χ1) is 11.2. The van der Waals surface area contributed by atoms with Gasteiger partial charge >= 0.3 is 0 Å². The fourth-order valence-corrected chi connectivity index (χ4v) is 3.25. The minimum absolute atomic E-state index is 0.0482. The Kier molecular flexibility index (Phi) is 5.37. The molecule has 2 N–H and O–H groups in total. The maximum atomic E-state index is 12.1. The first-order valence-electron chi connectivity index (χ1n) is 7.71. The highest BCUT2D eigenvalue weighted by Crippen LogP contribution is 2.18. The zero-order valence-corrected chi connectivity index (χ0v) is 13.9. The summed E-state index contributed by atoms with van der Waals surface area (Å²) in [4.78, 5) is 18.4. The molecule has 0 spiro atoms. The Bertz CT molecular complexity index is 628. The molecule has 3 rings (SSSR count). The molecule has 0 unspecified atom stereocenters. The summed E-state index contributed by atoms with van der Waals surface area (Å²) in [5, 5.41) is 14.1. The lowest BCUT2D eigenvalue weighted by Gasteiger charge is -2.30. The molecule has 1 atom stereocenters. The molecule has 1 aliphatic heterocycles. The topological polar surface area (TPSA) is 83.1 Å². The molecular weight excluding hydrogens is 314 g/mol. The van der Waals surface area contributed by atoms with Crippen LogP contribution in [0.25, 0.3) is 0 Å². The molecule has 8 heteroatoms. The average Bonchev–Trinajstić information content (AvgIpc) is 3.19. The molecule has 0 radical (unpaired) electrons. The van der Waals surface area contributed by atoms with Crippen LogP contribution in [0.2, 0.25) is 0 Å². The fourth-order valence-electron chi connectivity index (χ4n) is 2.55. The highest BCUT2D eigenvalue weighted by molar-refractivity contribution is 7.07. The lowest BCUT2D eigenvalue weighted by Crippen LogP contribution is -2.44. The summed E-state index contributed by atoms with van der Waals surface area (Å²) >= 11 is 1.68. The van der Waals surface area contributed by atoms with Crippen molar-refractivity contribution in [3.05, 3.63) is 34.0 Å². The van der Waals surface area contributed by atoms with Gasteiger partial charge in [-0.25, -0.2) is 4.98 Å². The Balaban J connectivity index is 1.42. The number of hydrogen-bond acceptors (Lipinski definition) is 6. The van der Waals surface area contributed by atoms with E-state index in [0.29, 0.717) is 32.1 Å². The van der Waals surface area contributed by atoms with Gasteiger partial charge in [0.15, 0.2) is 5.82 Å². The van der Waals surface area contributed by atoms with Crippen molar-refractivity contribution in [2.24, 2.45) is 0 Å². The summed E-state index contributed by atoms with van der Waals surface area (Å²) in [6.07, 6.45) is 0.699. The van der Waals surface area contributed by atoms with E-state index in [0.717, 1.165) is 18.8 Å². The first-order valence-corrected chi connectivity index (χ1v) is 8.65. The molecule has 0 aromatic carbocycles. The van der Waals surface area contributed by atoms with E-state index in [9.17, 15) is 4.79 Å². The van der Waals surface area contributed by atoms with E-state index >= 15 is 0 Å². The summed E-state index contributed by atoms with van der Waals surface area (Å²) in [6.45, 7) is 4.88. The molecule has 2 aromatic rings. The number of nitrogens with zero attached hydrogens (tertiary/aromatic N) is 3. The Hall–Kier alpha value is -1.77. The molecule has 7 nitrogen and oxygen atoms in total. The van der Waals surface area contributed by atoms with Crippen molar-refractivity contribution in [3.63, 3.8) is 0 Å². The zero-order chi connectivity index (χ0) is 16.1. The van der Waals surface area contributed by atoms with Gasteiger partial charge in [0, 0.05) is 19.6 Å². The molecule has 0 saturated carbocycles. The Morgan fingerprint density at radius 1 is 1.61 bits per heavy atom. The Labute approximate surface area is 139 Å². The van der Waals surface area contributed by atoms with Crippen molar-refractivity contribution < 1.29 is 9.53 Å². The molecule has 2 aromatic heterocycles. The van der Waals surface area contributed by atoms with Gasteiger partial charge < -0.3 is 10.1 Å². The number of nitrogens with one attached hydrogen (secondary N) is 2. The van der Waals surface area contributed by atoms with Crippen molar-refractivity contribution in [1.82, 2.24) is 25.4 Å². The SMILES string of the molecule is Cc1nc([C@H]2CN(CC(=O)NCCc3ccsc3)CCO2)n[nH]1. The van der Waals surface area contributed by atoms with Crippen LogP contribution >= 0.6 is 11.3 Å². The third-order valence-corrected chi connectivity index (χ3v) is 4.47. The number of H-pyrrole nitrogens is 1. The monoisotopic (exact) mass is 335 g/mol. The number of amides is 1. The minimum atomic E-state index is -0.174. The third kappa shape index (κ3) is 4.60. The molecule has 3 heterocycles. The number of thiophene rings is 1. The van der Waals surface area contributed by atoms with Crippen molar-refractivity contribution in [2.75, 3.05) is 32.8 Å². The summed E-state index contributed by atoms with van der Waals surface area (Å²) in [5.41, 5.74) is 1.27. The number of ether oxygens (including phenoxy) is 1. The van der Waals surface area contributed by atoms with E-state index in [1.165, 1.54) is 5.56 Å². The summed E-state index contributed by atoms with van der Waals surface area (Å²) in [7, 11) is 0. The van der Waals surface area contributed by atoms with Gasteiger partial charge in [0.2, 0.25) is 5.91 Å². The zero-order valence-electron chi connectivity index (χ0n) is 13.1. The van der Waals surface area contributed by atoms with Gasteiger partial charge in [-0.1, -0.05) is 0 Å². The van der Waals surface area contributed by atoms with Crippen LogP contribution in [-0.4, -0.2) is 58.8 Å². The van der Waals surface area contributed by atoms with Crippen molar-refractivity contribution >= 4 is 17.2 Å². The van der Waals surface area contributed by atoms with Crippen LogP contribution in [-0.2, 0) is 16.0 Å². The largest absolute Gasteiger partial charge is 0.367 e. The predicted octanol–water partition coefficient (Wildman–Crippen LogP) is 0.907. The van der Waals surface area contributed by atoms with Crippen molar-refractivity contribution in [3.8, 4) is 0 Å². The molecule has 1 fully saturated rings. The second-order valence-electron chi connectivity index (χ2n) is 5.61. The van der Waals surface area contributed by atoms with Gasteiger partial charge in [0.05, 0.1) is 13.2 Å². The minimum Gasteiger partial charge on any atom is -0.367 e. The van der Waals surface area contributed by atoms with Crippen LogP contribution in [0.1, 0.15) is 23.3 Å². The lowest BCUT2D eigenvalue weighted by molar-refractivity contribution is -0.124. The molecule has 124 valence electrons. The maximum Gasteiger partial charge on any atom is 0.234 e. The molecular formula is C15H21N5O2S. The summed E-state index contributed by atoms with van der Waals surface area (Å²) < 4.78 is 5.70. The second-order valence-corrected chi connectivity index (χ2v) is 6.39. The molecule has 1 saturated heterocycles. The number of aromatic amines is 1. The number of carbonyl (C=O) groups excluding carboxylic acids is 1. The van der Waals surface area contributed by atoms with Crippen LogP contribution in [0.5, 0.6) is 0 Å². The van der Waals surface area contributed by atoms with E-state index in [4.69, 9.17) is 4.74 Å². The molecule has 0 aliphatic carbocycles. The predicted molar refractivity (Wildman–Crippen MR) is 87.3 cm³/mol. The molecule has 0 bridgehead atoms. The van der Waals surface area contributed by atoms with Gasteiger partial charge in [-0.2, -0.15) is 16.4 Å². The van der Waals surface area contributed by atoms with Crippen LogP contribution in [0.3, 0.4) is 0 Å². The van der Waals surface area contributed by atoms with Crippen molar-refractivity contribution in [2.45, 2.75) is 19.4 Å². The lowest BCUT2D eigenvalue weighted by atomic mass is 10.2. The molecule has 1 amide bonds. The van der Waals surface area contributed by atoms with Gasteiger partial charge in [-0.05, 0) is 35.7 Å². The number of aryl methyl sites for hydroxylation is 1. The number of aromatic nitrogens is 3. The molecule has 23 heavy (non-hydrogen) atoms. The maximum absolute atomic E-state index is 12.1. The van der Waals surface area contributed by atoms with Crippen LogP contribution < -0.4 is 5.32 Å². The number of morpholine rings is 1. The van der Waals surface area contributed by atoms with E-state index in [1.807, 2.05) is 6.92 Å². The van der Waals surface area contributed by atoms with Gasteiger partial charge in [0.1, 0.15) is 11.9 Å². The summed E-state index contributed by atoms with van der Waals surface area (Å²) in [6, 6.07) is 2.09. The van der Waals surface area contributed by atoms with Gasteiger partial charge in [-0.3, -0.25) is 14.8 Å². The standard InChI is InChI=1S/C15H21N5O2S/c1-11-17-15(19-18-11)13-8-20(5-6-22-13)9-14(21)16-4-2-12-3-7-23-10-12/h3,7,10,13H,2,4-6,8-9H2,1H3,(H,16,21)(H,17,18,19)/t13-/m1/s1. The van der Waals surface area contributed by atoms with Crippen molar-refractivity contribution in [1.29, 1.82) is 0 Å². The number of rotatable bonds is 6. The smallest absolute Gasteiger partial charge is 0.234 e. The van der Waals surface area contributed by atoms with E-state index < -0.39 is 0 Å². The number of carbonyl (C=O) groups is 1. The third-order valence-electron chi connectivity index (χ3n) is 3.74. The number of hydrogen-bond donors (Lipinski definition) is 2. The second kappa shape index (κ2) is 7.67. The van der Waals surface area contributed by atoms with Gasteiger partial charge in [-0.15, -0.1) is 0 Å². The van der Waals surface area contributed by atoms with Crippen LogP contribution in [0.15, 0.2) is 16.8 Å². The highest BCUT2D eigenvalue weighted by atomic mass is 32.1. The average molecular weight is 335 g/mol. The van der Waals surface area contributed by atoms with E-state index in [2.05, 4.69) is 42.2 Å². The fraction of sp³-hybridized carbons (Fsp3) is 0.533. The highest BCUT2D eigenvalue weighted by Gasteiger charge is 2.26.